The number of sulfone groups is 1. The van der Waals surface area contributed by atoms with Crippen molar-refractivity contribution in [1.82, 2.24) is 9.78 Å². The van der Waals surface area contributed by atoms with E-state index in [9.17, 15) is 8.42 Å². The highest BCUT2D eigenvalue weighted by molar-refractivity contribution is 7.91. The SMILES string of the molecule is CCC(N)Cc1c(C)nn(C)c1N(C)C1CCS(=O)(=O)C1. The molecule has 0 amide bonds. The fourth-order valence-corrected chi connectivity index (χ4v) is 4.80. The van der Waals surface area contributed by atoms with Crippen LogP contribution in [-0.4, -0.2) is 48.8 Å². The molecule has 1 fully saturated rings. The zero-order valence-corrected chi connectivity index (χ0v) is 14.2. The molecule has 6 nitrogen and oxygen atoms in total. The Labute approximate surface area is 127 Å². The summed E-state index contributed by atoms with van der Waals surface area (Å²) >= 11 is 0. The molecule has 1 saturated heterocycles. The molecule has 21 heavy (non-hydrogen) atoms. The molecular weight excluding hydrogens is 288 g/mol. The molecule has 0 radical (unpaired) electrons. The summed E-state index contributed by atoms with van der Waals surface area (Å²) in [7, 11) is 0.976. The maximum Gasteiger partial charge on any atom is 0.152 e. The molecule has 2 atom stereocenters. The largest absolute Gasteiger partial charge is 0.356 e. The van der Waals surface area contributed by atoms with Crippen molar-refractivity contribution in [3.8, 4) is 0 Å². The normalized spacial score (nSPS) is 22.4. The number of nitrogens with two attached hydrogens (primary N) is 1. The van der Waals surface area contributed by atoms with Gasteiger partial charge in [-0.3, -0.25) is 4.68 Å². The molecular formula is C14H26N4O2S. The Bertz CT molecular complexity index is 609. The number of rotatable bonds is 5. The van der Waals surface area contributed by atoms with E-state index in [1.165, 1.54) is 0 Å². The second-order valence-electron chi connectivity index (χ2n) is 6.05. The molecule has 1 aromatic heterocycles. The summed E-state index contributed by atoms with van der Waals surface area (Å²) in [6.45, 7) is 4.06. The van der Waals surface area contributed by atoms with Crippen LogP contribution >= 0.6 is 0 Å². The van der Waals surface area contributed by atoms with Gasteiger partial charge in [0.05, 0.1) is 17.2 Å². The Morgan fingerprint density at radius 3 is 2.71 bits per heavy atom. The summed E-state index contributed by atoms with van der Waals surface area (Å²) in [5.74, 6) is 1.51. The van der Waals surface area contributed by atoms with Crippen LogP contribution in [0.25, 0.3) is 0 Å². The molecule has 120 valence electrons. The van der Waals surface area contributed by atoms with Crippen LogP contribution in [0.15, 0.2) is 0 Å². The second kappa shape index (κ2) is 5.96. The van der Waals surface area contributed by atoms with Gasteiger partial charge in [-0.15, -0.1) is 0 Å². The molecule has 2 heterocycles. The number of hydrogen-bond acceptors (Lipinski definition) is 5. The lowest BCUT2D eigenvalue weighted by Gasteiger charge is -2.27. The Hall–Kier alpha value is -1.08. The monoisotopic (exact) mass is 314 g/mol. The van der Waals surface area contributed by atoms with Crippen molar-refractivity contribution in [3.05, 3.63) is 11.3 Å². The van der Waals surface area contributed by atoms with E-state index < -0.39 is 9.84 Å². The Morgan fingerprint density at radius 2 is 2.19 bits per heavy atom. The van der Waals surface area contributed by atoms with Crippen LogP contribution in [0.3, 0.4) is 0 Å². The first-order valence-corrected chi connectivity index (χ1v) is 9.28. The van der Waals surface area contributed by atoms with Crippen LogP contribution in [0.2, 0.25) is 0 Å². The van der Waals surface area contributed by atoms with Crippen molar-refractivity contribution in [3.63, 3.8) is 0 Å². The molecule has 0 aromatic carbocycles. The third-order valence-corrected chi connectivity index (χ3v) is 6.14. The predicted molar refractivity (Wildman–Crippen MR) is 85.4 cm³/mol. The van der Waals surface area contributed by atoms with Crippen molar-refractivity contribution >= 4 is 15.7 Å². The molecule has 1 aromatic rings. The topological polar surface area (TPSA) is 81.2 Å². The fraction of sp³-hybridized carbons (Fsp3) is 0.786. The van der Waals surface area contributed by atoms with Crippen molar-refractivity contribution in [2.75, 3.05) is 23.5 Å². The smallest absolute Gasteiger partial charge is 0.152 e. The molecule has 0 saturated carbocycles. The second-order valence-corrected chi connectivity index (χ2v) is 8.28. The van der Waals surface area contributed by atoms with Crippen LogP contribution in [-0.2, 0) is 23.3 Å². The minimum Gasteiger partial charge on any atom is -0.356 e. The van der Waals surface area contributed by atoms with Gasteiger partial charge in [0.2, 0.25) is 0 Å². The van der Waals surface area contributed by atoms with E-state index in [0.717, 1.165) is 29.9 Å². The van der Waals surface area contributed by atoms with Gasteiger partial charge in [-0.05, 0) is 26.2 Å². The maximum atomic E-state index is 11.7. The van der Waals surface area contributed by atoms with Crippen LogP contribution in [0.4, 0.5) is 5.82 Å². The Morgan fingerprint density at radius 1 is 1.52 bits per heavy atom. The van der Waals surface area contributed by atoms with Gasteiger partial charge in [0, 0.05) is 31.7 Å². The number of anilines is 1. The van der Waals surface area contributed by atoms with Crippen molar-refractivity contribution in [1.29, 1.82) is 0 Å². The van der Waals surface area contributed by atoms with Gasteiger partial charge in [0.25, 0.3) is 0 Å². The molecule has 2 N–H and O–H groups in total. The lowest BCUT2D eigenvalue weighted by molar-refractivity contribution is 0.599. The molecule has 1 aliphatic heterocycles. The molecule has 1 aliphatic rings. The first-order valence-electron chi connectivity index (χ1n) is 7.46. The van der Waals surface area contributed by atoms with E-state index in [-0.39, 0.29) is 23.6 Å². The van der Waals surface area contributed by atoms with Crippen LogP contribution in [0.1, 0.15) is 31.0 Å². The molecule has 0 bridgehead atoms. The molecule has 7 heteroatoms. The summed E-state index contributed by atoms with van der Waals surface area (Å²) in [6, 6.07) is 0.133. The fourth-order valence-electron chi connectivity index (χ4n) is 3.03. The standard InChI is InChI=1S/C14H26N4O2S/c1-5-11(15)8-13-10(2)16-18(4)14(13)17(3)12-6-7-21(19,20)9-12/h11-12H,5-9,15H2,1-4H3. The molecule has 2 unspecified atom stereocenters. The maximum absolute atomic E-state index is 11.7. The highest BCUT2D eigenvalue weighted by atomic mass is 32.2. The van der Waals surface area contributed by atoms with Crippen molar-refractivity contribution in [2.24, 2.45) is 12.8 Å². The van der Waals surface area contributed by atoms with Gasteiger partial charge in [-0.1, -0.05) is 6.92 Å². The molecule has 0 aliphatic carbocycles. The summed E-state index contributed by atoms with van der Waals surface area (Å²) in [6.07, 6.45) is 2.37. The first-order chi connectivity index (χ1) is 9.75. The number of aryl methyl sites for hydroxylation is 2. The van der Waals surface area contributed by atoms with E-state index >= 15 is 0 Å². The predicted octanol–water partition coefficient (Wildman–Crippen LogP) is 0.632. The average Bonchev–Trinajstić information content (AvgIpc) is 2.89. The number of hydrogen-bond donors (Lipinski definition) is 1. The van der Waals surface area contributed by atoms with Gasteiger partial charge in [0.1, 0.15) is 5.82 Å². The molecule has 2 rings (SSSR count). The van der Waals surface area contributed by atoms with Gasteiger partial charge in [0.15, 0.2) is 9.84 Å². The van der Waals surface area contributed by atoms with Crippen LogP contribution < -0.4 is 10.6 Å². The zero-order valence-electron chi connectivity index (χ0n) is 13.3. The third-order valence-electron chi connectivity index (χ3n) is 4.39. The summed E-state index contributed by atoms with van der Waals surface area (Å²) in [5, 5.41) is 4.50. The zero-order chi connectivity index (χ0) is 15.8. The van der Waals surface area contributed by atoms with Gasteiger partial charge < -0.3 is 10.6 Å². The quantitative estimate of drug-likeness (QED) is 0.862. The van der Waals surface area contributed by atoms with Gasteiger partial charge in [-0.2, -0.15) is 5.10 Å². The first kappa shape index (κ1) is 16.3. The van der Waals surface area contributed by atoms with Crippen LogP contribution in [0.5, 0.6) is 0 Å². The Balaban J connectivity index is 2.30. The van der Waals surface area contributed by atoms with Crippen molar-refractivity contribution < 1.29 is 8.42 Å². The number of nitrogens with zero attached hydrogens (tertiary/aromatic N) is 3. The highest BCUT2D eigenvalue weighted by Gasteiger charge is 2.33. The highest BCUT2D eigenvalue weighted by Crippen LogP contribution is 2.28. The lowest BCUT2D eigenvalue weighted by Crippen LogP contribution is -2.35. The average molecular weight is 314 g/mol. The van der Waals surface area contributed by atoms with Crippen molar-refractivity contribution in [2.45, 2.75) is 45.2 Å². The minimum absolute atomic E-state index is 0.0291. The lowest BCUT2D eigenvalue weighted by atomic mass is 10.0. The van der Waals surface area contributed by atoms with Gasteiger partial charge in [-0.25, -0.2) is 8.42 Å². The molecule has 0 spiro atoms. The van der Waals surface area contributed by atoms with E-state index in [1.807, 2.05) is 25.7 Å². The summed E-state index contributed by atoms with van der Waals surface area (Å²) in [4.78, 5) is 2.07. The Kier molecular flexibility index (Phi) is 4.63. The summed E-state index contributed by atoms with van der Waals surface area (Å²) in [5.41, 5.74) is 8.21. The van der Waals surface area contributed by atoms with Gasteiger partial charge >= 0.3 is 0 Å². The van der Waals surface area contributed by atoms with E-state index in [1.54, 1.807) is 0 Å². The summed E-state index contributed by atoms with van der Waals surface area (Å²) < 4.78 is 25.3. The third kappa shape index (κ3) is 3.40. The number of aromatic nitrogens is 2. The van der Waals surface area contributed by atoms with Crippen LogP contribution in [0, 0.1) is 6.92 Å². The van der Waals surface area contributed by atoms with E-state index in [4.69, 9.17) is 5.73 Å². The minimum atomic E-state index is -2.89. The van der Waals surface area contributed by atoms with E-state index in [2.05, 4.69) is 16.9 Å². The van der Waals surface area contributed by atoms with E-state index in [0.29, 0.717) is 6.42 Å².